The van der Waals surface area contributed by atoms with Gasteiger partial charge in [-0.25, -0.2) is 9.18 Å². The number of alkyl halides is 1. The highest BCUT2D eigenvalue weighted by Crippen LogP contribution is 2.32. The van der Waals surface area contributed by atoms with Gasteiger partial charge in [-0.1, -0.05) is 77.3 Å². The van der Waals surface area contributed by atoms with E-state index in [1.807, 2.05) is 19.1 Å². The third kappa shape index (κ3) is 8.35. The van der Waals surface area contributed by atoms with Crippen LogP contribution in [0.1, 0.15) is 96.8 Å². The third-order valence-electron chi connectivity index (χ3n) is 5.83. The Morgan fingerprint density at radius 1 is 1.07 bits per heavy atom. The van der Waals surface area contributed by atoms with Crippen LogP contribution in [-0.2, 0) is 14.3 Å². The molecule has 5 heteroatoms. The van der Waals surface area contributed by atoms with Crippen molar-refractivity contribution >= 4 is 5.97 Å². The van der Waals surface area contributed by atoms with Crippen molar-refractivity contribution in [2.75, 3.05) is 6.61 Å². The van der Waals surface area contributed by atoms with Gasteiger partial charge in [0.1, 0.15) is 5.75 Å². The highest BCUT2D eigenvalue weighted by atomic mass is 19.1. The van der Waals surface area contributed by atoms with Crippen LogP contribution < -0.4 is 4.74 Å². The van der Waals surface area contributed by atoms with Crippen molar-refractivity contribution in [3.8, 4) is 5.75 Å². The molecule has 0 N–H and O–H groups in total. The van der Waals surface area contributed by atoms with Crippen LogP contribution in [-0.4, -0.2) is 24.9 Å². The molecule has 0 saturated carbocycles. The van der Waals surface area contributed by atoms with Gasteiger partial charge in [-0.05, 0) is 31.9 Å². The molecule has 1 aliphatic heterocycles. The predicted molar refractivity (Wildman–Crippen MR) is 117 cm³/mol. The smallest absolute Gasteiger partial charge is 0.346 e. The summed E-state index contributed by atoms with van der Waals surface area (Å²) in [6.07, 6.45) is 8.79. The summed E-state index contributed by atoms with van der Waals surface area (Å²) in [6, 6.07) is 6.96. The molecule has 0 bridgehead atoms. The molecule has 1 aliphatic rings. The zero-order valence-electron chi connectivity index (χ0n) is 18.9. The first kappa shape index (κ1) is 24.8. The predicted octanol–water partition coefficient (Wildman–Crippen LogP) is 6.92. The maximum atomic E-state index is 13.8. The molecule has 1 saturated heterocycles. The summed E-state index contributed by atoms with van der Waals surface area (Å²) < 4.78 is 31.0. The number of esters is 1. The summed E-state index contributed by atoms with van der Waals surface area (Å²) in [7, 11) is 0. The average Bonchev–Trinajstić information content (AvgIpc) is 2.75. The summed E-state index contributed by atoms with van der Waals surface area (Å²) in [4.78, 5) is 11.8. The molecule has 4 nitrogen and oxygen atoms in total. The van der Waals surface area contributed by atoms with Crippen molar-refractivity contribution in [2.45, 2.75) is 104 Å². The molecular weight excluding hydrogens is 383 g/mol. The molecule has 2 rings (SSSR count). The van der Waals surface area contributed by atoms with Crippen molar-refractivity contribution in [3.63, 3.8) is 0 Å². The highest BCUT2D eigenvalue weighted by molar-refractivity contribution is 5.77. The Balaban J connectivity index is 1.75. The molecule has 4 unspecified atom stereocenters. The van der Waals surface area contributed by atoms with E-state index in [9.17, 15) is 9.18 Å². The van der Waals surface area contributed by atoms with Crippen LogP contribution in [0, 0.1) is 5.92 Å². The second-order valence-electron chi connectivity index (χ2n) is 8.42. The molecule has 0 amide bonds. The van der Waals surface area contributed by atoms with E-state index < -0.39 is 18.4 Å². The quantitative estimate of drug-likeness (QED) is 0.197. The molecule has 0 radical (unpaired) electrons. The number of halogens is 1. The molecule has 170 valence electrons. The number of benzene rings is 1. The first-order valence-electron chi connectivity index (χ1n) is 11.8. The lowest BCUT2D eigenvalue weighted by molar-refractivity contribution is -0.237. The van der Waals surface area contributed by atoms with Crippen LogP contribution in [0.2, 0.25) is 0 Å². The maximum absolute atomic E-state index is 13.8. The van der Waals surface area contributed by atoms with E-state index >= 15 is 0 Å². The minimum absolute atomic E-state index is 0.141. The lowest BCUT2D eigenvalue weighted by atomic mass is 9.95. The molecule has 1 heterocycles. The maximum Gasteiger partial charge on any atom is 0.346 e. The average molecular weight is 423 g/mol. The molecule has 4 atom stereocenters. The van der Waals surface area contributed by atoms with Gasteiger partial charge in [-0.15, -0.1) is 0 Å². The van der Waals surface area contributed by atoms with E-state index in [0.717, 1.165) is 18.4 Å². The van der Waals surface area contributed by atoms with E-state index in [2.05, 4.69) is 13.8 Å². The van der Waals surface area contributed by atoms with Gasteiger partial charge in [0.25, 0.3) is 0 Å². The normalized spacial score (nSPS) is 22.6. The van der Waals surface area contributed by atoms with E-state index in [0.29, 0.717) is 24.7 Å². The summed E-state index contributed by atoms with van der Waals surface area (Å²) in [5.41, 5.74) is 0.877. The van der Waals surface area contributed by atoms with E-state index in [4.69, 9.17) is 14.2 Å². The van der Waals surface area contributed by atoms with Crippen molar-refractivity contribution in [2.24, 2.45) is 5.92 Å². The highest BCUT2D eigenvalue weighted by Gasteiger charge is 2.29. The van der Waals surface area contributed by atoms with E-state index in [1.165, 1.54) is 38.5 Å². The minimum atomic E-state index is -1.57. The standard InChI is InChI=1S/C25H39FO4/c1-4-6-8-9-10-11-12-21-18-28-25(29-19(21)3)20-14-16-22(17-15-20)30-24(27)23(26)13-7-5-2/h14-17,19,21,23,25H,4-13,18H2,1-3H3. The Hall–Kier alpha value is -1.46. The number of hydrogen-bond donors (Lipinski definition) is 0. The van der Waals surface area contributed by atoms with E-state index in [-0.39, 0.29) is 12.5 Å². The number of carbonyl (C=O) groups is 1. The van der Waals surface area contributed by atoms with Crippen LogP contribution >= 0.6 is 0 Å². The van der Waals surface area contributed by atoms with Crippen LogP contribution in [0.5, 0.6) is 5.75 Å². The van der Waals surface area contributed by atoms with Crippen molar-refractivity contribution < 1.29 is 23.4 Å². The Morgan fingerprint density at radius 2 is 1.73 bits per heavy atom. The van der Waals surface area contributed by atoms with Gasteiger partial charge >= 0.3 is 5.97 Å². The fourth-order valence-corrected chi connectivity index (χ4v) is 3.75. The van der Waals surface area contributed by atoms with Gasteiger partial charge in [-0.2, -0.15) is 0 Å². The topological polar surface area (TPSA) is 44.8 Å². The molecule has 1 aromatic carbocycles. The number of hydrogen-bond acceptors (Lipinski definition) is 4. The summed E-state index contributed by atoms with van der Waals surface area (Å²) in [5.74, 6) is -0.0579. The van der Waals surface area contributed by atoms with Crippen LogP contribution in [0.4, 0.5) is 4.39 Å². The summed E-state index contributed by atoms with van der Waals surface area (Å²) in [5, 5.41) is 0. The van der Waals surface area contributed by atoms with Crippen LogP contribution in [0.15, 0.2) is 24.3 Å². The number of unbranched alkanes of at least 4 members (excludes halogenated alkanes) is 6. The Morgan fingerprint density at radius 3 is 2.40 bits per heavy atom. The van der Waals surface area contributed by atoms with Gasteiger partial charge in [-0.3, -0.25) is 0 Å². The third-order valence-corrected chi connectivity index (χ3v) is 5.83. The Labute approximate surface area is 181 Å². The van der Waals surface area contributed by atoms with Gasteiger partial charge < -0.3 is 14.2 Å². The SMILES string of the molecule is CCCCCCCCC1COC(c2ccc(OC(=O)C(F)CCCC)cc2)OC1C. The second kappa shape index (κ2) is 13.8. The largest absolute Gasteiger partial charge is 0.424 e. The first-order valence-corrected chi connectivity index (χ1v) is 11.8. The molecule has 0 aromatic heterocycles. The van der Waals surface area contributed by atoms with Gasteiger partial charge in [0.2, 0.25) is 0 Å². The number of rotatable bonds is 13. The lowest BCUT2D eigenvalue weighted by Gasteiger charge is -2.35. The van der Waals surface area contributed by atoms with Gasteiger partial charge in [0.05, 0.1) is 12.7 Å². The van der Waals surface area contributed by atoms with Gasteiger partial charge in [0, 0.05) is 11.5 Å². The Bertz CT molecular complexity index is 604. The molecule has 0 spiro atoms. The fourth-order valence-electron chi connectivity index (χ4n) is 3.75. The molecular formula is C25H39FO4. The molecule has 1 aromatic rings. The molecule has 30 heavy (non-hydrogen) atoms. The summed E-state index contributed by atoms with van der Waals surface area (Å²) >= 11 is 0. The summed E-state index contributed by atoms with van der Waals surface area (Å²) in [6.45, 7) is 7.01. The van der Waals surface area contributed by atoms with Gasteiger partial charge in [0.15, 0.2) is 12.5 Å². The van der Waals surface area contributed by atoms with Crippen LogP contribution in [0.25, 0.3) is 0 Å². The fraction of sp³-hybridized carbons (Fsp3) is 0.720. The van der Waals surface area contributed by atoms with E-state index in [1.54, 1.807) is 12.1 Å². The zero-order valence-corrected chi connectivity index (χ0v) is 18.9. The molecule has 1 fully saturated rings. The van der Waals surface area contributed by atoms with Crippen LogP contribution in [0.3, 0.4) is 0 Å². The van der Waals surface area contributed by atoms with Crippen molar-refractivity contribution in [3.05, 3.63) is 29.8 Å². The zero-order chi connectivity index (χ0) is 21.8. The number of ether oxygens (including phenoxy) is 3. The first-order chi connectivity index (χ1) is 14.5. The minimum Gasteiger partial charge on any atom is -0.424 e. The molecule has 0 aliphatic carbocycles. The Kier molecular flexibility index (Phi) is 11.4. The number of carbonyl (C=O) groups excluding carboxylic acids is 1. The lowest BCUT2D eigenvalue weighted by Crippen LogP contribution is -2.34. The van der Waals surface area contributed by atoms with Crippen molar-refractivity contribution in [1.82, 2.24) is 0 Å². The second-order valence-corrected chi connectivity index (χ2v) is 8.42. The monoisotopic (exact) mass is 422 g/mol. The van der Waals surface area contributed by atoms with Crippen molar-refractivity contribution in [1.29, 1.82) is 0 Å².